The number of H-pyrrole nitrogens is 1. The van der Waals surface area contributed by atoms with Crippen molar-refractivity contribution in [3.8, 4) is 5.75 Å². The zero-order valence-corrected chi connectivity index (χ0v) is 18.7. The molecule has 0 radical (unpaired) electrons. The van der Waals surface area contributed by atoms with Gasteiger partial charge in [-0.05, 0) is 41.8 Å². The first-order valence-corrected chi connectivity index (χ1v) is 10.9. The maximum atomic E-state index is 12.8. The highest BCUT2D eigenvalue weighted by molar-refractivity contribution is 7.99. The van der Waals surface area contributed by atoms with E-state index in [0.29, 0.717) is 22.6 Å². The van der Waals surface area contributed by atoms with Gasteiger partial charge in [0.05, 0.1) is 22.0 Å². The van der Waals surface area contributed by atoms with E-state index in [2.05, 4.69) is 34.3 Å². The van der Waals surface area contributed by atoms with E-state index in [1.54, 1.807) is 0 Å². The van der Waals surface area contributed by atoms with Crippen molar-refractivity contribution in [2.45, 2.75) is 37.7 Å². The molecule has 0 fully saturated rings. The van der Waals surface area contributed by atoms with Crippen LogP contribution in [0.4, 0.5) is 18.9 Å². The zero-order chi connectivity index (χ0) is 23.3. The highest BCUT2D eigenvalue weighted by Crippen LogP contribution is 2.34. The fourth-order valence-electron chi connectivity index (χ4n) is 2.62. The molecule has 2 aromatic carbocycles. The van der Waals surface area contributed by atoms with Crippen molar-refractivity contribution in [1.29, 1.82) is 0 Å². The SMILES string of the molecule is CC(C)c1ccc(OCc2nc(SCC(=O)Nc3cc(C(F)(F)F)ccc3Cl)n[nH]2)cc1. The van der Waals surface area contributed by atoms with Crippen molar-refractivity contribution in [2.75, 3.05) is 11.1 Å². The molecular weight excluding hydrogens is 465 g/mol. The number of hydrogen-bond donors (Lipinski definition) is 2. The third-order valence-corrected chi connectivity index (χ3v) is 5.51. The lowest BCUT2D eigenvalue weighted by molar-refractivity contribution is -0.137. The predicted octanol–water partition coefficient (Wildman–Crippen LogP) is 5.91. The van der Waals surface area contributed by atoms with Crippen molar-refractivity contribution >= 4 is 35.0 Å². The molecule has 1 heterocycles. The number of carbonyl (C=O) groups is 1. The summed E-state index contributed by atoms with van der Waals surface area (Å²) in [6.07, 6.45) is -4.54. The second-order valence-electron chi connectivity index (χ2n) is 7.11. The van der Waals surface area contributed by atoms with E-state index in [4.69, 9.17) is 16.3 Å². The Morgan fingerprint density at radius 1 is 1.22 bits per heavy atom. The summed E-state index contributed by atoms with van der Waals surface area (Å²) >= 11 is 6.91. The summed E-state index contributed by atoms with van der Waals surface area (Å²) in [5.41, 5.74) is 0.197. The highest BCUT2D eigenvalue weighted by Gasteiger charge is 2.31. The Kier molecular flexibility index (Phi) is 7.68. The van der Waals surface area contributed by atoms with Crippen molar-refractivity contribution < 1.29 is 22.7 Å². The molecular formula is C21H20ClF3N4O2S. The first-order valence-electron chi connectivity index (χ1n) is 9.55. The Hall–Kier alpha value is -2.72. The maximum absolute atomic E-state index is 12.8. The molecule has 0 saturated heterocycles. The minimum Gasteiger partial charge on any atom is -0.486 e. The molecule has 1 amide bonds. The van der Waals surface area contributed by atoms with E-state index < -0.39 is 17.6 Å². The van der Waals surface area contributed by atoms with Crippen molar-refractivity contribution in [3.63, 3.8) is 0 Å². The van der Waals surface area contributed by atoms with Gasteiger partial charge in [-0.1, -0.05) is 49.3 Å². The molecule has 0 saturated carbocycles. The van der Waals surface area contributed by atoms with Gasteiger partial charge >= 0.3 is 6.18 Å². The number of carbonyl (C=O) groups excluding carboxylic acids is 1. The number of rotatable bonds is 8. The number of hydrogen-bond acceptors (Lipinski definition) is 5. The Morgan fingerprint density at radius 2 is 1.94 bits per heavy atom. The van der Waals surface area contributed by atoms with Gasteiger partial charge in [-0.25, -0.2) is 4.98 Å². The number of aromatic amines is 1. The second kappa shape index (κ2) is 10.3. The average molecular weight is 485 g/mol. The van der Waals surface area contributed by atoms with Crippen LogP contribution in [0.3, 0.4) is 0 Å². The monoisotopic (exact) mass is 484 g/mol. The number of alkyl halides is 3. The number of ether oxygens (including phenoxy) is 1. The standard InChI is InChI=1S/C21H20ClF3N4O2S/c1-12(2)13-3-6-15(7-4-13)31-10-18-27-20(29-28-18)32-11-19(30)26-17-9-14(21(23,24)25)5-8-16(17)22/h3-9,12H,10-11H2,1-2H3,(H,26,30)(H,27,28,29). The third kappa shape index (κ3) is 6.64. The molecule has 0 spiro atoms. The first-order chi connectivity index (χ1) is 15.1. The molecule has 0 aliphatic carbocycles. The number of thioether (sulfide) groups is 1. The van der Waals surface area contributed by atoms with Crippen LogP contribution < -0.4 is 10.1 Å². The Balaban J connectivity index is 1.50. The Labute approximate surface area is 191 Å². The molecule has 0 aliphatic heterocycles. The quantitative estimate of drug-likeness (QED) is 0.388. The summed E-state index contributed by atoms with van der Waals surface area (Å²) in [6, 6.07) is 10.5. The van der Waals surface area contributed by atoms with Gasteiger partial charge in [-0.3, -0.25) is 9.89 Å². The van der Waals surface area contributed by atoms with Gasteiger partial charge in [-0.2, -0.15) is 13.2 Å². The van der Waals surface area contributed by atoms with E-state index in [-0.39, 0.29) is 23.1 Å². The molecule has 3 rings (SSSR count). The summed E-state index contributed by atoms with van der Waals surface area (Å²) in [5.74, 6) is 0.949. The van der Waals surface area contributed by atoms with Gasteiger partial charge in [-0.15, -0.1) is 5.10 Å². The minimum atomic E-state index is -4.54. The topological polar surface area (TPSA) is 79.9 Å². The normalized spacial score (nSPS) is 11.6. The Bertz CT molecular complexity index is 1070. The van der Waals surface area contributed by atoms with Crippen LogP contribution in [0.1, 0.15) is 36.7 Å². The van der Waals surface area contributed by atoms with Crippen LogP contribution in [0.15, 0.2) is 47.6 Å². The smallest absolute Gasteiger partial charge is 0.416 e. The van der Waals surface area contributed by atoms with Crippen LogP contribution in [-0.4, -0.2) is 26.8 Å². The molecule has 6 nitrogen and oxygen atoms in total. The number of benzene rings is 2. The molecule has 170 valence electrons. The largest absolute Gasteiger partial charge is 0.486 e. The van der Waals surface area contributed by atoms with Gasteiger partial charge in [0.25, 0.3) is 0 Å². The van der Waals surface area contributed by atoms with Crippen LogP contribution in [0.2, 0.25) is 5.02 Å². The van der Waals surface area contributed by atoms with Crippen LogP contribution in [-0.2, 0) is 17.6 Å². The number of nitrogens with zero attached hydrogens (tertiary/aromatic N) is 2. The molecule has 0 atom stereocenters. The van der Waals surface area contributed by atoms with Gasteiger partial charge in [0.15, 0.2) is 5.82 Å². The lowest BCUT2D eigenvalue weighted by Crippen LogP contribution is -2.15. The summed E-state index contributed by atoms with van der Waals surface area (Å²) in [5, 5.41) is 9.42. The lowest BCUT2D eigenvalue weighted by Gasteiger charge is -2.11. The fourth-order valence-corrected chi connectivity index (χ4v) is 3.40. The van der Waals surface area contributed by atoms with Crippen molar-refractivity contribution in [2.24, 2.45) is 0 Å². The first kappa shape index (κ1) is 23.9. The van der Waals surface area contributed by atoms with Gasteiger partial charge in [0.2, 0.25) is 11.1 Å². The average Bonchev–Trinajstić information content (AvgIpc) is 3.20. The Morgan fingerprint density at radius 3 is 2.59 bits per heavy atom. The molecule has 11 heteroatoms. The number of nitrogens with one attached hydrogen (secondary N) is 2. The fraction of sp³-hybridized carbons (Fsp3) is 0.286. The van der Waals surface area contributed by atoms with E-state index in [0.717, 1.165) is 30.0 Å². The van der Waals surface area contributed by atoms with Crippen LogP contribution in [0.25, 0.3) is 0 Å². The molecule has 0 unspecified atom stereocenters. The maximum Gasteiger partial charge on any atom is 0.416 e. The van der Waals surface area contributed by atoms with Crippen LogP contribution in [0.5, 0.6) is 5.75 Å². The second-order valence-corrected chi connectivity index (χ2v) is 8.46. The number of amides is 1. The van der Waals surface area contributed by atoms with Crippen molar-refractivity contribution in [3.05, 3.63) is 64.4 Å². The summed E-state index contributed by atoms with van der Waals surface area (Å²) in [6.45, 7) is 4.39. The number of aromatic nitrogens is 3. The predicted molar refractivity (Wildman–Crippen MR) is 117 cm³/mol. The van der Waals surface area contributed by atoms with Gasteiger partial charge in [0.1, 0.15) is 12.4 Å². The third-order valence-electron chi connectivity index (χ3n) is 4.33. The summed E-state index contributed by atoms with van der Waals surface area (Å²) in [7, 11) is 0. The van der Waals surface area contributed by atoms with E-state index in [1.807, 2.05) is 24.3 Å². The summed E-state index contributed by atoms with van der Waals surface area (Å²) < 4.78 is 44.2. The van der Waals surface area contributed by atoms with E-state index in [1.165, 1.54) is 5.56 Å². The highest BCUT2D eigenvalue weighted by atomic mass is 35.5. The minimum absolute atomic E-state index is 0.00936. The number of anilines is 1. The number of halogens is 4. The van der Waals surface area contributed by atoms with Crippen molar-refractivity contribution in [1.82, 2.24) is 15.2 Å². The molecule has 0 bridgehead atoms. The molecule has 0 aliphatic rings. The van der Waals surface area contributed by atoms with Crippen LogP contribution >= 0.6 is 23.4 Å². The van der Waals surface area contributed by atoms with Gasteiger partial charge < -0.3 is 10.1 Å². The molecule has 3 aromatic rings. The summed E-state index contributed by atoms with van der Waals surface area (Å²) in [4.78, 5) is 16.4. The lowest BCUT2D eigenvalue weighted by atomic mass is 10.0. The molecule has 2 N–H and O–H groups in total. The van der Waals surface area contributed by atoms with E-state index >= 15 is 0 Å². The molecule has 1 aromatic heterocycles. The van der Waals surface area contributed by atoms with E-state index in [9.17, 15) is 18.0 Å². The van der Waals surface area contributed by atoms with Gasteiger partial charge in [0, 0.05) is 0 Å². The molecule has 32 heavy (non-hydrogen) atoms. The zero-order valence-electron chi connectivity index (χ0n) is 17.2. The van der Waals surface area contributed by atoms with Crippen LogP contribution in [0, 0.1) is 0 Å².